The van der Waals surface area contributed by atoms with Crippen LogP contribution in [-0.2, 0) is 11.2 Å². The molecule has 106 valence electrons. The standard InChI is InChI=1S/C17H27NO/c1-5-18-12-17(6-7-19-15(17)4)11-16-9-13(2)8-14(3)10-16/h8-10,15,18H,5-7,11-12H2,1-4H3. The maximum absolute atomic E-state index is 5.86. The highest BCUT2D eigenvalue weighted by Crippen LogP contribution is 2.38. The Morgan fingerprint density at radius 3 is 2.47 bits per heavy atom. The highest BCUT2D eigenvalue weighted by Gasteiger charge is 2.41. The minimum Gasteiger partial charge on any atom is -0.378 e. The summed E-state index contributed by atoms with van der Waals surface area (Å²) < 4.78 is 5.86. The molecule has 2 atom stereocenters. The minimum absolute atomic E-state index is 0.260. The summed E-state index contributed by atoms with van der Waals surface area (Å²) >= 11 is 0. The predicted molar refractivity (Wildman–Crippen MR) is 80.6 cm³/mol. The first-order chi connectivity index (χ1) is 9.05. The van der Waals surface area contributed by atoms with E-state index in [1.807, 2.05) is 0 Å². The molecule has 1 N–H and O–H groups in total. The second-order valence-electron chi connectivity index (χ2n) is 6.08. The van der Waals surface area contributed by atoms with Crippen LogP contribution >= 0.6 is 0 Å². The van der Waals surface area contributed by atoms with Gasteiger partial charge in [-0.2, -0.15) is 0 Å². The Balaban J connectivity index is 2.20. The number of aryl methyl sites for hydroxylation is 2. The van der Waals surface area contributed by atoms with Gasteiger partial charge in [-0.3, -0.25) is 0 Å². The van der Waals surface area contributed by atoms with Crippen molar-refractivity contribution in [3.63, 3.8) is 0 Å². The van der Waals surface area contributed by atoms with E-state index < -0.39 is 0 Å². The summed E-state index contributed by atoms with van der Waals surface area (Å²) in [4.78, 5) is 0. The molecular formula is C17H27NO. The lowest BCUT2D eigenvalue weighted by Gasteiger charge is -2.33. The van der Waals surface area contributed by atoms with Gasteiger partial charge in [0.1, 0.15) is 0 Å². The fourth-order valence-corrected chi connectivity index (χ4v) is 3.30. The Hall–Kier alpha value is -0.860. The van der Waals surface area contributed by atoms with Gasteiger partial charge in [-0.1, -0.05) is 36.2 Å². The van der Waals surface area contributed by atoms with E-state index in [4.69, 9.17) is 4.74 Å². The lowest BCUT2D eigenvalue weighted by atomic mass is 9.76. The molecule has 0 aliphatic carbocycles. The Morgan fingerprint density at radius 2 is 1.95 bits per heavy atom. The average Bonchev–Trinajstić information content (AvgIpc) is 2.67. The monoisotopic (exact) mass is 261 g/mol. The lowest BCUT2D eigenvalue weighted by Crippen LogP contribution is -2.41. The molecule has 1 aliphatic rings. The van der Waals surface area contributed by atoms with E-state index in [0.717, 1.165) is 32.5 Å². The smallest absolute Gasteiger partial charge is 0.0619 e. The molecule has 2 nitrogen and oxygen atoms in total. The van der Waals surface area contributed by atoms with Crippen molar-refractivity contribution in [1.82, 2.24) is 5.32 Å². The molecule has 2 unspecified atom stereocenters. The summed E-state index contributed by atoms with van der Waals surface area (Å²) in [5.74, 6) is 0. The third-order valence-electron chi connectivity index (χ3n) is 4.39. The zero-order chi connectivity index (χ0) is 13.9. The third-order valence-corrected chi connectivity index (χ3v) is 4.39. The van der Waals surface area contributed by atoms with Crippen LogP contribution < -0.4 is 5.32 Å². The van der Waals surface area contributed by atoms with Crippen LogP contribution in [-0.4, -0.2) is 25.8 Å². The van der Waals surface area contributed by atoms with Crippen molar-refractivity contribution in [3.8, 4) is 0 Å². The fourth-order valence-electron chi connectivity index (χ4n) is 3.30. The van der Waals surface area contributed by atoms with Crippen molar-refractivity contribution in [2.24, 2.45) is 5.41 Å². The molecule has 1 aromatic carbocycles. The van der Waals surface area contributed by atoms with E-state index in [-0.39, 0.29) is 5.41 Å². The minimum atomic E-state index is 0.260. The molecule has 1 fully saturated rings. The number of benzene rings is 1. The second kappa shape index (κ2) is 6.06. The van der Waals surface area contributed by atoms with Gasteiger partial charge in [0.25, 0.3) is 0 Å². The van der Waals surface area contributed by atoms with E-state index in [1.54, 1.807) is 0 Å². The first-order valence-electron chi connectivity index (χ1n) is 7.45. The number of hydrogen-bond acceptors (Lipinski definition) is 2. The number of rotatable bonds is 5. The Labute approximate surface area is 117 Å². The van der Waals surface area contributed by atoms with Crippen molar-refractivity contribution in [2.75, 3.05) is 19.7 Å². The first-order valence-corrected chi connectivity index (χ1v) is 7.45. The van der Waals surface area contributed by atoms with Crippen molar-refractivity contribution in [3.05, 3.63) is 34.9 Å². The molecule has 0 amide bonds. The van der Waals surface area contributed by atoms with E-state index >= 15 is 0 Å². The van der Waals surface area contributed by atoms with Gasteiger partial charge in [-0.25, -0.2) is 0 Å². The molecule has 1 saturated heterocycles. The van der Waals surface area contributed by atoms with Crippen LogP contribution in [0.15, 0.2) is 18.2 Å². The van der Waals surface area contributed by atoms with Gasteiger partial charge in [0.2, 0.25) is 0 Å². The highest BCUT2D eigenvalue weighted by atomic mass is 16.5. The quantitative estimate of drug-likeness (QED) is 0.878. The maximum atomic E-state index is 5.86. The van der Waals surface area contributed by atoms with Gasteiger partial charge in [-0.15, -0.1) is 0 Å². The van der Waals surface area contributed by atoms with Crippen molar-refractivity contribution >= 4 is 0 Å². The zero-order valence-electron chi connectivity index (χ0n) is 12.8. The second-order valence-corrected chi connectivity index (χ2v) is 6.08. The average molecular weight is 261 g/mol. The third kappa shape index (κ3) is 3.37. The fraction of sp³-hybridized carbons (Fsp3) is 0.647. The molecule has 0 radical (unpaired) electrons. The van der Waals surface area contributed by atoms with Gasteiger partial charge in [-0.05, 0) is 45.7 Å². The zero-order valence-corrected chi connectivity index (χ0v) is 12.8. The molecule has 0 bridgehead atoms. The maximum Gasteiger partial charge on any atom is 0.0619 e. The molecule has 2 heteroatoms. The van der Waals surface area contributed by atoms with Gasteiger partial charge >= 0.3 is 0 Å². The molecule has 0 saturated carbocycles. The molecule has 1 aromatic rings. The highest BCUT2D eigenvalue weighted by molar-refractivity contribution is 5.29. The van der Waals surface area contributed by atoms with Crippen LogP contribution in [0.4, 0.5) is 0 Å². The van der Waals surface area contributed by atoms with Crippen LogP contribution in [0.25, 0.3) is 0 Å². The van der Waals surface area contributed by atoms with E-state index in [2.05, 4.69) is 51.2 Å². The summed E-state index contributed by atoms with van der Waals surface area (Å²) in [7, 11) is 0. The Kier molecular flexibility index (Phi) is 4.64. The summed E-state index contributed by atoms with van der Waals surface area (Å²) in [5.41, 5.74) is 4.43. The topological polar surface area (TPSA) is 21.3 Å². The lowest BCUT2D eigenvalue weighted by molar-refractivity contribution is 0.0633. The van der Waals surface area contributed by atoms with Crippen molar-refractivity contribution in [2.45, 2.75) is 46.6 Å². The summed E-state index contributed by atoms with van der Waals surface area (Å²) in [6.07, 6.45) is 2.62. The van der Waals surface area contributed by atoms with Crippen LogP contribution in [0.3, 0.4) is 0 Å². The van der Waals surface area contributed by atoms with E-state index in [9.17, 15) is 0 Å². The molecule has 2 rings (SSSR count). The van der Waals surface area contributed by atoms with Crippen LogP contribution in [0, 0.1) is 19.3 Å². The van der Waals surface area contributed by atoms with Gasteiger partial charge in [0.15, 0.2) is 0 Å². The largest absolute Gasteiger partial charge is 0.378 e. The van der Waals surface area contributed by atoms with E-state index in [0.29, 0.717) is 6.10 Å². The van der Waals surface area contributed by atoms with Gasteiger partial charge in [0, 0.05) is 18.6 Å². The van der Waals surface area contributed by atoms with Crippen molar-refractivity contribution < 1.29 is 4.74 Å². The summed E-state index contributed by atoms with van der Waals surface area (Å²) in [6.45, 7) is 11.7. The van der Waals surface area contributed by atoms with Crippen LogP contribution in [0.5, 0.6) is 0 Å². The van der Waals surface area contributed by atoms with Crippen LogP contribution in [0.2, 0.25) is 0 Å². The molecular weight excluding hydrogens is 234 g/mol. The predicted octanol–water partition coefficient (Wildman–Crippen LogP) is 3.25. The molecule has 1 heterocycles. The molecule has 19 heavy (non-hydrogen) atoms. The summed E-state index contributed by atoms with van der Waals surface area (Å²) in [5, 5.41) is 3.53. The van der Waals surface area contributed by atoms with Crippen molar-refractivity contribution in [1.29, 1.82) is 0 Å². The molecule has 0 spiro atoms. The number of nitrogens with one attached hydrogen (secondary N) is 1. The van der Waals surface area contributed by atoms with Gasteiger partial charge in [0.05, 0.1) is 6.10 Å². The SMILES string of the molecule is CCNCC1(Cc2cc(C)cc(C)c2)CCOC1C. The normalized spacial score (nSPS) is 26.8. The number of hydrogen-bond donors (Lipinski definition) is 1. The number of ether oxygens (including phenoxy) is 1. The Bertz CT molecular complexity index is 409. The summed E-state index contributed by atoms with van der Waals surface area (Å²) in [6, 6.07) is 6.90. The molecule has 1 aliphatic heterocycles. The Morgan fingerprint density at radius 1 is 1.26 bits per heavy atom. The molecule has 0 aromatic heterocycles. The van der Waals surface area contributed by atoms with Gasteiger partial charge < -0.3 is 10.1 Å². The first kappa shape index (κ1) is 14.5. The van der Waals surface area contributed by atoms with E-state index in [1.165, 1.54) is 16.7 Å². The van der Waals surface area contributed by atoms with Crippen LogP contribution in [0.1, 0.15) is 37.0 Å².